The molecule has 1 amide bonds. The minimum atomic E-state index is -0.251. The molecule has 3 N–H and O–H groups in total. The van der Waals surface area contributed by atoms with Crippen molar-refractivity contribution in [3.8, 4) is 0 Å². The molecular formula is C14H20ClN3O2. The summed E-state index contributed by atoms with van der Waals surface area (Å²) in [5.74, 6) is -0.251. The smallest absolute Gasteiger partial charge is 0.253 e. The number of ether oxygens (including phenoxy) is 1. The fourth-order valence-corrected chi connectivity index (χ4v) is 2.51. The molecule has 1 aliphatic rings. The van der Waals surface area contributed by atoms with Gasteiger partial charge in [-0.25, -0.2) is 4.98 Å². The zero-order chi connectivity index (χ0) is 14.4. The summed E-state index contributed by atoms with van der Waals surface area (Å²) < 4.78 is 5.74. The van der Waals surface area contributed by atoms with E-state index in [1.54, 1.807) is 0 Å². The molecule has 20 heavy (non-hydrogen) atoms. The molecule has 1 aromatic rings. The highest BCUT2D eigenvalue weighted by Crippen LogP contribution is 2.20. The van der Waals surface area contributed by atoms with Gasteiger partial charge in [0, 0.05) is 6.54 Å². The molecular weight excluding hydrogens is 278 g/mol. The number of anilines is 1. The largest absolute Gasteiger partial charge is 0.397 e. The molecule has 5 nitrogen and oxygen atoms in total. The van der Waals surface area contributed by atoms with E-state index in [9.17, 15) is 4.79 Å². The highest BCUT2D eigenvalue weighted by Gasteiger charge is 2.14. The number of pyridine rings is 1. The van der Waals surface area contributed by atoms with Crippen LogP contribution >= 0.6 is 11.6 Å². The molecule has 110 valence electrons. The fourth-order valence-electron chi connectivity index (χ4n) is 2.35. The molecule has 6 heteroatoms. The number of halogens is 1. The highest BCUT2D eigenvalue weighted by molar-refractivity contribution is 6.29. The van der Waals surface area contributed by atoms with Gasteiger partial charge in [-0.2, -0.15) is 0 Å². The standard InChI is InChI=1S/C14H20ClN3O2/c15-13-8-11(12(16)9-18-13)14(19)17-6-7-20-10-4-2-1-3-5-10/h8-10H,1-7,16H2,(H,17,19). The summed E-state index contributed by atoms with van der Waals surface area (Å²) in [5, 5.41) is 3.03. The number of nitrogen functional groups attached to an aromatic ring is 1. The Morgan fingerprint density at radius 2 is 2.20 bits per heavy atom. The SMILES string of the molecule is Nc1cnc(Cl)cc1C(=O)NCCOC1CCCCC1. The second-order valence-corrected chi connectivity index (χ2v) is 5.37. The Kier molecular flexibility index (Phi) is 5.61. The quantitative estimate of drug-likeness (QED) is 0.646. The number of rotatable bonds is 5. The predicted molar refractivity (Wildman–Crippen MR) is 78.8 cm³/mol. The maximum absolute atomic E-state index is 11.9. The van der Waals surface area contributed by atoms with Gasteiger partial charge in [-0.15, -0.1) is 0 Å². The topological polar surface area (TPSA) is 77.2 Å². The zero-order valence-electron chi connectivity index (χ0n) is 11.4. The lowest BCUT2D eigenvalue weighted by Gasteiger charge is -2.22. The third-order valence-electron chi connectivity index (χ3n) is 3.44. The van der Waals surface area contributed by atoms with E-state index in [1.165, 1.54) is 31.5 Å². The Labute approximate surface area is 123 Å². The summed E-state index contributed by atoms with van der Waals surface area (Å²) in [7, 11) is 0. The number of hydrogen-bond donors (Lipinski definition) is 2. The Balaban J connectivity index is 1.73. The first-order chi connectivity index (χ1) is 9.66. The Bertz CT molecular complexity index is 462. The fraction of sp³-hybridized carbons (Fsp3) is 0.571. The lowest BCUT2D eigenvalue weighted by atomic mass is 9.98. The van der Waals surface area contributed by atoms with Crippen molar-refractivity contribution in [3.63, 3.8) is 0 Å². The molecule has 1 heterocycles. The molecule has 0 radical (unpaired) electrons. The van der Waals surface area contributed by atoms with Gasteiger partial charge in [0.2, 0.25) is 0 Å². The highest BCUT2D eigenvalue weighted by atomic mass is 35.5. The number of hydrogen-bond acceptors (Lipinski definition) is 4. The Hall–Kier alpha value is -1.33. The molecule has 0 aliphatic heterocycles. The van der Waals surface area contributed by atoms with Crippen molar-refractivity contribution < 1.29 is 9.53 Å². The maximum atomic E-state index is 11.9. The molecule has 0 bridgehead atoms. The molecule has 1 saturated carbocycles. The van der Waals surface area contributed by atoms with Crippen LogP contribution in [0.3, 0.4) is 0 Å². The summed E-state index contributed by atoms with van der Waals surface area (Å²) in [6.07, 6.45) is 7.77. The number of amides is 1. The maximum Gasteiger partial charge on any atom is 0.253 e. The van der Waals surface area contributed by atoms with Crippen LogP contribution in [0.2, 0.25) is 5.15 Å². The minimum Gasteiger partial charge on any atom is -0.397 e. The monoisotopic (exact) mass is 297 g/mol. The van der Waals surface area contributed by atoms with Crippen LogP contribution in [-0.2, 0) is 4.74 Å². The van der Waals surface area contributed by atoms with Crippen molar-refractivity contribution in [1.82, 2.24) is 10.3 Å². The summed E-state index contributed by atoms with van der Waals surface area (Å²) in [5.41, 5.74) is 6.37. The first kappa shape index (κ1) is 15.1. The minimum absolute atomic E-state index is 0.251. The van der Waals surface area contributed by atoms with E-state index in [0.717, 1.165) is 12.8 Å². The van der Waals surface area contributed by atoms with Crippen LogP contribution in [0, 0.1) is 0 Å². The molecule has 1 fully saturated rings. The molecule has 0 unspecified atom stereocenters. The van der Waals surface area contributed by atoms with Gasteiger partial charge in [-0.1, -0.05) is 30.9 Å². The van der Waals surface area contributed by atoms with Crippen LogP contribution in [0.5, 0.6) is 0 Å². The molecule has 1 aliphatic carbocycles. The first-order valence-corrected chi connectivity index (χ1v) is 7.35. The summed E-state index contributed by atoms with van der Waals surface area (Å²) >= 11 is 5.75. The third kappa shape index (κ3) is 4.35. The molecule has 0 aromatic carbocycles. The van der Waals surface area contributed by atoms with Gasteiger partial charge in [0.1, 0.15) is 5.15 Å². The van der Waals surface area contributed by atoms with E-state index in [4.69, 9.17) is 22.1 Å². The molecule has 2 rings (SSSR count). The van der Waals surface area contributed by atoms with Crippen LogP contribution in [0.1, 0.15) is 42.5 Å². The van der Waals surface area contributed by atoms with Gasteiger partial charge in [0.15, 0.2) is 0 Å². The van der Waals surface area contributed by atoms with E-state index in [2.05, 4.69) is 10.3 Å². The van der Waals surface area contributed by atoms with Gasteiger partial charge in [-0.3, -0.25) is 4.79 Å². The van der Waals surface area contributed by atoms with E-state index in [0.29, 0.717) is 30.5 Å². The van der Waals surface area contributed by atoms with E-state index in [1.807, 2.05) is 0 Å². The van der Waals surface area contributed by atoms with Crippen LogP contribution in [0.15, 0.2) is 12.3 Å². The number of carbonyl (C=O) groups excluding carboxylic acids is 1. The summed E-state index contributed by atoms with van der Waals surface area (Å²) in [6.45, 7) is 0.990. The second-order valence-electron chi connectivity index (χ2n) is 4.98. The van der Waals surface area contributed by atoms with Crippen molar-refractivity contribution >= 4 is 23.2 Å². The number of carbonyl (C=O) groups is 1. The third-order valence-corrected chi connectivity index (χ3v) is 3.65. The molecule has 0 spiro atoms. The van der Waals surface area contributed by atoms with Gasteiger partial charge in [-0.05, 0) is 18.9 Å². The second kappa shape index (κ2) is 7.45. The number of nitrogens with two attached hydrogens (primary N) is 1. The molecule has 0 saturated heterocycles. The van der Waals surface area contributed by atoms with Crippen molar-refractivity contribution in [1.29, 1.82) is 0 Å². The zero-order valence-corrected chi connectivity index (χ0v) is 12.2. The van der Waals surface area contributed by atoms with Gasteiger partial charge in [0.25, 0.3) is 5.91 Å². The Morgan fingerprint density at radius 1 is 1.45 bits per heavy atom. The average Bonchev–Trinajstić information content (AvgIpc) is 2.47. The Morgan fingerprint density at radius 3 is 2.95 bits per heavy atom. The van der Waals surface area contributed by atoms with Crippen LogP contribution in [0.4, 0.5) is 5.69 Å². The van der Waals surface area contributed by atoms with Gasteiger partial charge in [0.05, 0.1) is 30.2 Å². The molecule has 0 atom stereocenters. The first-order valence-electron chi connectivity index (χ1n) is 6.97. The van der Waals surface area contributed by atoms with Crippen LogP contribution in [-0.4, -0.2) is 30.1 Å². The van der Waals surface area contributed by atoms with Crippen molar-refractivity contribution in [2.75, 3.05) is 18.9 Å². The van der Waals surface area contributed by atoms with E-state index >= 15 is 0 Å². The normalized spacial score (nSPS) is 16.1. The van der Waals surface area contributed by atoms with Gasteiger partial charge < -0.3 is 15.8 Å². The summed E-state index contributed by atoms with van der Waals surface area (Å²) in [4.78, 5) is 15.8. The molecule has 1 aromatic heterocycles. The van der Waals surface area contributed by atoms with Crippen LogP contribution in [0.25, 0.3) is 0 Å². The van der Waals surface area contributed by atoms with Crippen molar-refractivity contribution in [2.24, 2.45) is 0 Å². The number of aromatic nitrogens is 1. The lowest BCUT2D eigenvalue weighted by Crippen LogP contribution is -2.30. The van der Waals surface area contributed by atoms with E-state index < -0.39 is 0 Å². The van der Waals surface area contributed by atoms with Crippen LogP contribution < -0.4 is 11.1 Å². The van der Waals surface area contributed by atoms with E-state index in [-0.39, 0.29) is 11.1 Å². The van der Waals surface area contributed by atoms with Crippen molar-refractivity contribution in [3.05, 3.63) is 23.0 Å². The summed E-state index contributed by atoms with van der Waals surface area (Å²) in [6, 6.07) is 1.47. The predicted octanol–water partition coefficient (Wildman–Crippen LogP) is 2.40. The van der Waals surface area contributed by atoms with Gasteiger partial charge >= 0.3 is 0 Å². The number of nitrogens with zero attached hydrogens (tertiary/aromatic N) is 1. The van der Waals surface area contributed by atoms with Crippen molar-refractivity contribution in [2.45, 2.75) is 38.2 Å². The number of nitrogens with one attached hydrogen (secondary N) is 1. The lowest BCUT2D eigenvalue weighted by molar-refractivity contribution is 0.0299. The average molecular weight is 298 g/mol.